The predicted octanol–water partition coefficient (Wildman–Crippen LogP) is 3.73. The fourth-order valence-electron chi connectivity index (χ4n) is 3.85. The maximum absolute atomic E-state index is 13.1. The Labute approximate surface area is 170 Å². The molecular weight excluding hydrogens is 368 g/mol. The van der Waals surface area contributed by atoms with Crippen molar-refractivity contribution in [3.05, 3.63) is 53.6 Å². The van der Waals surface area contributed by atoms with Gasteiger partial charge in [0, 0.05) is 13.1 Å². The third-order valence-corrected chi connectivity index (χ3v) is 5.67. The van der Waals surface area contributed by atoms with Crippen molar-refractivity contribution in [2.45, 2.75) is 31.7 Å². The molecule has 0 aromatic heterocycles. The zero-order valence-electron chi connectivity index (χ0n) is 16.6. The van der Waals surface area contributed by atoms with Crippen LogP contribution in [0, 0.1) is 17.2 Å². The number of hydrogen-bond donors (Lipinski definition) is 1. The minimum absolute atomic E-state index is 0.0152. The predicted molar refractivity (Wildman–Crippen MR) is 108 cm³/mol. The Hall–Kier alpha value is -3.33. The van der Waals surface area contributed by atoms with Gasteiger partial charge in [0.25, 0.3) is 5.91 Å². The van der Waals surface area contributed by atoms with Crippen molar-refractivity contribution >= 4 is 11.9 Å². The van der Waals surface area contributed by atoms with E-state index >= 15 is 0 Å². The average Bonchev–Trinajstić information content (AvgIpc) is 2.78. The summed E-state index contributed by atoms with van der Waals surface area (Å²) < 4.78 is 4.82. The lowest BCUT2D eigenvalue weighted by Gasteiger charge is -2.34. The third-order valence-electron chi connectivity index (χ3n) is 5.67. The second-order valence-electron chi connectivity index (χ2n) is 7.37. The zero-order chi connectivity index (χ0) is 21.0. The van der Waals surface area contributed by atoms with E-state index in [2.05, 4.69) is 6.07 Å². The number of rotatable bonds is 4. The lowest BCUT2D eigenvalue weighted by Crippen LogP contribution is -2.40. The van der Waals surface area contributed by atoms with Gasteiger partial charge in [0.05, 0.1) is 30.2 Å². The molecule has 0 heterocycles. The molecule has 0 saturated heterocycles. The molecule has 6 heteroatoms. The second kappa shape index (κ2) is 8.78. The molecule has 1 saturated carbocycles. The van der Waals surface area contributed by atoms with Crippen molar-refractivity contribution < 1.29 is 19.4 Å². The van der Waals surface area contributed by atoms with Crippen molar-refractivity contribution in [3.8, 4) is 22.9 Å². The minimum atomic E-state index is -0.250. The van der Waals surface area contributed by atoms with Crippen LogP contribution in [0.5, 0.6) is 5.75 Å². The Morgan fingerprint density at radius 3 is 2.28 bits per heavy atom. The van der Waals surface area contributed by atoms with Gasteiger partial charge in [0.15, 0.2) is 0 Å². The molecule has 1 aliphatic rings. The van der Waals surface area contributed by atoms with Crippen LogP contribution in [0.25, 0.3) is 11.1 Å². The van der Waals surface area contributed by atoms with Gasteiger partial charge in [0.2, 0.25) is 0 Å². The van der Waals surface area contributed by atoms with Crippen molar-refractivity contribution in [1.82, 2.24) is 4.90 Å². The number of benzene rings is 2. The van der Waals surface area contributed by atoms with Crippen molar-refractivity contribution in [3.63, 3.8) is 0 Å². The number of carbonyl (C=O) groups excluding carboxylic acids is 2. The van der Waals surface area contributed by atoms with Crippen LogP contribution >= 0.6 is 0 Å². The number of amides is 1. The van der Waals surface area contributed by atoms with Gasteiger partial charge < -0.3 is 14.7 Å². The molecule has 29 heavy (non-hydrogen) atoms. The molecule has 1 aliphatic carbocycles. The van der Waals surface area contributed by atoms with Gasteiger partial charge in [-0.05, 0) is 61.1 Å². The lowest BCUT2D eigenvalue weighted by molar-refractivity contribution is -0.146. The summed E-state index contributed by atoms with van der Waals surface area (Å²) in [4.78, 5) is 26.4. The fraction of sp³-hybridized carbons (Fsp3) is 0.348. The number of carbonyl (C=O) groups is 2. The van der Waals surface area contributed by atoms with Crippen molar-refractivity contribution in [2.75, 3.05) is 14.2 Å². The molecule has 1 fully saturated rings. The number of nitriles is 1. The maximum Gasteiger partial charge on any atom is 0.308 e. The molecular formula is C23H24N2O4. The fourth-order valence-corrected chi connectivity index (χ4v) is 3.85. The van der Waals surface area contributed by atoms with Gasteiger partial charge in [-0.15, -0.1) is 0 Å². The van der Waals surface area contributed by atoms with Crippen LogP contribution in [-0.2, 0) is 9.53 Å². The Morgan fingerprint density at radius 1 is 1.07 bits per heavy atom. The minimum Gasteiger partial charge on any atom is -0.507 e. The van der Waals surface area contributed by atoms with E-state index in [1.807, 2.05) is 12.1 Å². The van der Waals surface area contributed by atoms with Crippen molar-refractivity contribution in [2.24, 2.45) is 5.92 Å². The highest BCUT2D eigenvalue weighted by Crippen LogP contribution is 2.31. The molecule has 150 valence electrons. The topological polar surface area (TPSA) is 90.6 Å². The van der Waals surface area contributed by atoms with E-state index in [4.69, 9.17) is 10.00 Å². The average molecular weight is 392 g/mol. The Balaban J connectivity index is 1.76. The second-order valence-corrected chi connectivity index (χ2v) is 7.37. The SMILES string of the molecule is COC(=O)C1CCC(N(C)C(=O)c2cc(-c3ccc(C#N)cc3)ccc2O)CC1. The quantitative estimate of drug-likeness (QED) is 0.801. The summed E-state index contributed by atoms with van der Waals surface area (Å²) in [6.07, 6.45) is 2.81. The summed E-state index contributed by atoms with van der Waals surface area (Å²) in [6, 6.07) is 14.1. The third kappa shape index (κ3) is 4.40. The first-order chi connectivity index (χ1) is 13.9. The summed E-state index contributed by atoms with van der Waals surface area (Å²) in [5.41, 5.74) is 2.45. The summed E-state index contributed by atoms with van der Waals surface area (Å²) in [7, 11) is 3.13. The number of phenols is 1. The number of aromatic hydroxyl groups is 1. The Morgan fingerprint density at radius 2 is 1.69 bits per heavy atom. The van der Waals surface area contributed by atoms with Crippen LogP contribution in [0.2, 0.25) is 0 Å². The first kappa shape index (κ1) is 20.4. The molecule has 0 spiro atoms. The van der Waals surface area contributed by atoms with Crippen LogP contribution < -0.4 is 0 Å². The smallest absolute Gasteiger partial charge is 0.308 e. The standard InChI is InChI=1S/C23H24N2O4/c1-25(19-10-7-17(8-11-19)23(28)29-2)22(27)20-13-18(9-12-21(20)26)16-5-3-15(14-24)4-6-16/h3-6,9,12-13,17,19,26H,7-8,10-11H2,1-2H3. The molecule has 0 bridgehead atoms. The zero-order valence-corrected chi connectivity index (χ0v) is 16.6. The molecule has 1 amide bonds. The lowest BCUT2D eigenvalue weighted by atomic mass is 9.85. The van der Waals surface area contributed by atoms with Gasteiger partial charge in [-0.1, -0.05) is 18.2 Å². The number of phenolic OH excluding ortho intramolecular Hbond substituents is 1. The summed E-state index contributed by atoms with van der Waals surface area (Å²) in [5, 5.41) is 19.2. The molecule has 6 nitrogen and oxygen atoms in total. The monoisotopic (exact) mass is 392 g/mol. The molecule has 0 aliphatic heterocycles. The Kier molecular flexibility index (Phi) is 6.18. The van der Waals surface area contributed by atoms with E-state index < -0.39 is 0 Å². The number of ether oxygens (including phenoxy) is 1. The van der Waals surface area contributed by atoms with E-state index in [1.165, 1.54) is 13.2 Å². The van der Waals surface area contributed by atoms with E-state index in [0.717, 1.165) is 24.0 Å². The van der Waals surface area contributed by atoms with Crippen LogP contribution in [0.4, 0.5) is 0 Å². The van der Waals surface area contributed by atoms with E-state index in [-0.39, 0.29) is 35.1 Å². The van der Waals surface area contributed by atoms with Crippen LogP contribution in [-0.4, -0.2) is 42.1 Å². The molecule has 2 aromatic carbocycles. The molecule has 1 N–H and O–H groups in total. The number of nitrogens with zero attached hydrogens (tertiary/aromatic N) is 2. The van der Waals surface area contributed by atoms with Crippen molar-refractivity contribution in [1.29, 1.82) is 5.26 Å². The first-order valence-corrected chi connectivity index (χ1v) is 9.63. The van der Waals surface area contributed by atoms with Gasteiger partial charge in [-0.3, -0.25) is 9.59 Å². The van der Waals surface area contributed by atoms with E-state index in [1.54, 1.807) is 36.2 Å². The molecule has 3 rings (SSSR count). The van der Waals surface area contributed by atoms with Crippen LogP contribution in [0.15, 0.2) is 42.5 Å². The maximum atomic E-state index is 13.1. The Bertz CT molecular complexity index is 938. The number of methoxy groups -OCH3 is 1. The van der Waals surface area contributed by atoms with Gasteiger partial charge >= 0.3 is 5.97 Å². The number of hydrogen-bond acceptors (Lipinski definition) is 5. The molecule has 0 unspecified atom stereocenters. The van der Waals surface area contributed by atoms with Gasteiger partial charge in [-0.2, -0.15) is 5.26 Å². The first-order valence-electron chi connectivity index (χ1n) is 9.63. The van der Waals surface area contributed by atoms with Gasteiger partial charge in [-0.25, -0.2) is 0 Å². The molecule has 0 atom stereocenters. The van der Waals surface area contributed by atoms with E-state index in [9.17, 15) is 14.7 Å². The summed E-state index contributed by atoms with van der Waals surface area (Å²) in [6.45, 7) is 0. The largest absolute Gasteiger partial charge is 0.507 e. The normalized spacial score (nSPS) is 18.5. The van der Waals surface area contributed by atoms with Crippen LogP contribution in [0.3, 0.4) is 0 Å². The highest BCUT2D eigenvalue weighted by atomic mass is 16.5. The van der Waals surface area contributed by atoms with Gasteiger partial charge in [0.1, 0.15) is 5.75 Å². The summed E-state index contributed by atoms with van der Waals surface area (Å²) >= 11 is 0. The molecule has 0 radical (unpaired) electrons. The highest BCUT2D eigenvalue weighted by Gasteiger charge is 2.31. The highest BCUT2D eigenvalue weighted by molar-refractivity contribution is 5.98. The molecule has 2 aromatic rings. The summed E-state index contributed by atoms with van der Waals surface area (Å²) in [5.74, 6) is -0.611. The van der Waals surface area contributed by atoms with Crippen LogP contribution in [0.1, 0.15) is 41.6 Å². The van der Waals surface area contributed by atoms with E-state index in [0.29, 0.717) is 18.4 Å². The number of esters is 1.